The lowest BCUT2D eigenvalue weighted by Gasteiger charge is -2.07. The smallest absolute Gasteiger partial charge is 0.283 e. The molecule has 10 heteroatoms. The molecule has 0 aliphatic carbocycles. The topological polar surface area (TPSA) is 107 Å². The molecular weight excluding hydrogens is 373 g/mol. The quantitative estimate of drug-likeness (QED) is 0.710. The SMILES string of the molecule is Cc1cnc(CNC(=O)c2ccn(S(=O)(=O)c3ccc(F)cc3C)n2)cn1. The molecule has 2 heterocycles. The first-order valence-electron chi connectivity index (χ1n) is 7.90. The first-order chi connectivity index (χ1) is 12.8. The van der Waals surface area contributed by atoms with Gasteiger partial charge in [0.05, 0.1) is 29.0 Å². The summed E-state index contributed by atoms with van der Waals surface area (Å²) in [6.45, 7) is 3.41. The Bertz CT molecular complexity index is 1090. The second-order valence-corrected chi connectivity index (χ2v) is 7.58. The molecule has 0 spiro atoms. The molecule has 3 aromatic rings. The van der Waals surface area contributed by atoms with Crippen LogP contribution in [0.2, 0.25) is 0 Å². The van der Waals surface area contributed by atoms with Crippen molar-refractivity contribution in [3.63, 3.8) is 0 Å². The molecule has 3 rings (SSSR count). The van der Waals surface area contributed by atoms with E-state index in [1.807, 2.05) is 0 Å². The number of carbonyl (C=O) groups excluding carboxylic acids is 1. The first-order valence-corrected chi connectivity index (χ1v) is 9.34. The minimum atomic E-state index is -4.03. The molecule has 1 N–H and O–H groups in total. The van der Waals surface area contributed by atoms with Crippen molar-refractivity contribution in [1.29, 1.82) is 0 Å². The van der Waals surface area contributed by atoms with E-state index in [-0.39, 0.29) is 22.7 Å². The van der Waals surface area contributed by atoms with Gasteiger partial charge < -0.3 is 5.32 Å². The van der Waals surface area contributed by atoms with E-state index in [1.165, 1.54) is 25.4 Å². The van der Waals surface area contributed by atoms with Crippen molar-refractivity contribution in [2.75, 3.05) is 0 Å². The fraction of sp³-hybridized carbons (Fsp3) is 0.176. The number of hydrogen-bond acceptors (Lipinski definition) is 6. The van der Waals surface area contributed by atoms with Crippen molar-refractivity contribution >= 4 is 15.9 Å². The van der Waals surface area contributed by atoms with Crippen LogP contribution in [0.15, 0.2) is 47.8 Å². The molecule has 1 aromatic carbocycles. The largest absolute Gasteiger partial charge is 0.345 e. The molecule has 0 aliphatic rings. The van der Waals surface area contributed by atoms with Gasteiger partial charge in [-0.1, -0.05) is 0 Å². The number of hydrogen-bond donors (Lipinski definition) is 1. The predicted molar refractivity (Wildman–Crippen MR) is 93.9 cm³/mol. The van der Waals surface area contributed by atoms with Gasteiger partial charge in [-0.25, -0.2) is 4.39 Å². The van der Waals surface area contributed by atoms with Gasteiger partial charge in [0, 0.05) is 12.4 Å². The number of carbonyl (C=O) groups is 1. The van der Waals surface area contributed by atoms with Gasteiger partial charge in [0.1, 0.15) is 5.82 Å². The van der Waals surface area contributed by atoms with Gasteiger partial charge in [-0.3, -0.25) is 14.8 Å². The van der Waals surface area contributed by atoms with Crippen LogP contribution in [-0.2, 0) is 16.6 Å². The monoisotopic (exact) mass is 389 g/mol. The molecule has 1 amide bonds. The van der Waals surface area contributed by atoms with Gasteiger partial charge >= 0.3 is 0 Å². The zero-order chi connectivity index (χ0) is 19.6. The zero-order valence-electron chi connectivity index (χ0n) is 14.5. The highest BCUT2D eigenvalue weighted by Crippen LogP contribution is 2.19. The predicted octanol–water partition coefficient (Wildman–Crippen LogP) is 1.60. The number of aryl methyl sites for hydroxylation is 2. The Morgan fingerprint density at radius 3 is 2.63 bits per heavy atom. The molecule has 0 fully saturated rings. The number of aromatic nitrogens is 4. The molecular formula is C17H16FN5O3S. The molecule has 0 atom stereocenters. The molecule has 0 saturated heterocycles. The third kappa shape index (κ3) is 4.00. The summed E-state index contributed by atoms with van der Waals surface area (Å²) < 4.78 is 39.2. The highest BCUT2D eigenvalue weighted by molar-refractivity contribution is 7.89. The Morgan fingerprint density at radius 2 is 1.96 bits per heavy atom. The van der Waals surface area contributed by atoms with Crippen molar-refractivity contribution in [3.05, 3.63) is 71.3 Å². The van der Waals surface area contributed by atoms with E-state index in [1.54, 1.807) is 13.1 Å². The van der Waals surface area contributed by atoms with Crippen molar-refractivity contribution in [2.45, 2.75) is 25.3 Å². The van der Waals surface area contributed by atoms with Crippen molar-refractivity contribution < 1.29 is 17.6 Å². The lowest BCUT2D eigenvalue weighted by molar-refractivity contribution is 0.0945. The summed E-state index contributed by atoms with van der Waals surface area (Å²) in [5.41, 5.74) is 1.49. The molecule has 140 valence electrons. The summed E-state index contributed by atoms with van der Waals surface area (Å²) in [6, 6.07) is 4.62. The number of halogens is 1. The number of nitrogens with one attached hydrogen (secondary N) is 1. The Morgan fingerprint density at radius 1 is 1.19 bits per heavy atom. The van der Waals surface area contributed by atoms with Gasteiger partial charge in [-0.2, -0.15) is 17.6 Å². The van der Waals surface area contributed by atoms with Crippen molar-refractivity contribution in [3.8, 4) is 0 Å². The van der Waals surface area contributed by atoms with E-state index < -0.39 is 21.7 Å². The van der Waals surface area contributed by atoms with Gasteiger partial charge in [-0.05, 0) is 43.7 Å². The summed E-state index contributed by atoms with van der Waals surface area (Å²) in [5, 5.41) is 6.43. The Hall–Kier alpha value is -3.14. The normalized spacial score (nSPS) is 11.4. The Kier molecular flexibility index (Phi) is 5.00. The number of nitrogens with zero attached hydrogens (tertiary/aromatic N) is 4. The average Bonchev–Trinajstić information content (AvgIpc) is 3.12. The van der Waals surface area contributed by atoms with E-state index in [2.05, 4.69) is 20.4 Å². The van der Waals surface area contributed by atoms with Crippen LogP contribution in [-0.4, -0.2) is 33.5 Å². The van der Waals surface area contributed by atoms with E-state index in [0.29, 0.717) is 9.78 Å². The van der Waals surface area contributed by atoms with Gasteiger partial charge in [0.15, 0.2) is 5.69 Å². The lowest BCUT2D eigenvalue weighted by atomic mass is 10.2. The van der Waals surface area contributed by atoms with E-state index in [0.717, 1.165) is 23.9 Å². The number of rotatable bonds is 5. The molecule has 0 bridgehead atoms. The lowest BCUT2D eigenvalue weighted by Crippen LogP contribution is -2.24. The minimum absolute atomic E-state index is 0.0709. The fourth-order valence-corrected chi connectivity index (χ4v) is 3.66. The first kappa shape index (κ1) is 18.6. The van der Waals surface area contributed by atoms with Gasteiger partial charge in [0.25, 0.3) is 15.9 Å². The summed E-state index contributed by atoms with van der Waals surface area (Å²) in [5.74, 6) is -1.09. The standard InChI is InChI=1S/C17H16FN5O3S/c1-11-7-13(18)3-4-16(11)27(25,26)23-6-5-15(22-23)17(24)21-10-14-9-19-12(2)8-20-14/h3-9H,10H2,1-2H3,(H,21,24). The number of amides is 1. The average molecular weight is 389 g/mol. The van der Waals surface area contributed by atoms with E-state index in [9.17, 15) is 17.6 Å². The van der Waals surface area contributed by atoms with Crippen LogP contribution in [0.1, 0.15) is 27.4 Å². The summed E-state index contributed by atoms with van der Waals surface area (Å²) in [7, 11) is -4.03. The minimum Gasteiger partial charge on any atom is -0.345 e. The van der Waals surface area contributed by atoms with Crippen LogP contribution in [0.3, 0.4) is 0 Å². The summed E-state index contributed by atoms with van der Waals surface area (Å²) in [6.07, 6.45) is 4.28. The van der Waals surface area contributed by atoms with Crippen LogP contribution in [0, 0.1) is 19.7 Å². The Labute approximate surface area is 155 Å². The molecule has 27 heavy (non-hydrogen) atoms. The third-order valence-corrected chi connectivity index (χ3v) is 5.43. The maximum Gasteiger partial charge on any atom is 0.283 e. The van der Waals surface area contributed by atoms with Crippen LogP contribution in [0.5, 0.6) is 0 Å². The molecule has 2 aromatic heterocycles. The Balaban J connectivity index is 1.77. The molecule has 0 radical (unpaired) electrons. The van der Waals surface area contributed by atoms with E-state index >= 15 is 0 Å². The van der Waals surface area contributed by atoms with Crippen LogP contribution in [0.25, 0.3) is 0 Å². The van der Waals surface area contributed by atoms with Gasteiger partial charge in [0.2, 0.25) is 0 Å². The second kappa shape index (κ2) is 7.23. The van der Waals surface area contributed by atoms with Crippen LogP contribution in [0.4, 0.5) is 4.39 Å². The van der Waals surface area contributed by atoms with E-state index in [4.69, 9.17) is 0 Å². The highest BCUT2D eigenvalue weighted by atomic mass is 32.2. The maximum atomic E-state index is 13.2. The number of benzene rings is 1. The van der Waals surface area contributed by atoms with Crippen LogP contribution >= 0.6 is 0 Å². The second-order valence-electron chi connectivity index (χ2n) is 5.82. The molecule has 0 saturated carbocycles. The fourth-order valence-electron chi connectivity index (χ4n) is 2.34. The zero-order valence-corrected chi connectivity index (χ0v) is 15.4. The van der Waals surface area contributed by atoms with Gasteiger partial charge in [-0.15, -0.1) is 0 Å². The van der Waals surface area contributed by atoms with Crippen molar-refractivity contribution in [1.82, 2.24) is 24.5 Å². The van der Waals surface area contributed by atoms with Crippen LogP contribution < -0.4 is 5.32 Å². The molecule has 0 unspecified atom stereocenters. The van der Waals surface area contributed by atoms with Crippen molar-refractivity contribution in [2.24, 2.45) is 0 Å². The third-order valence-electron chi connectivity index (χ3n) is 3.72. The molecule has 0 aliphatic heterocycles. The summed E-state index contributed by atoms with van der Waals surface area (Å²) >= 11 is 0. The molecule has 8 nitrogen and oxygen atoms in total. The maximum absolute atomic E-state index is 13.2. The highest BCUT2D eigenvalue weighted by Gasteiger charge is 2.22. The summed E-state index contributed by atoms with van der Waals surface area (Å²) in [4.78, 5) is 20.3.